The van der Waals surface area contributed by atoms with Gasteiger partial charge in [0.25, 0.3) is 5.91 Å². The number of aliphatic carboxylic acids is 1. The first-order valence-corrected chi connectivity index (χ1v) is 6.91. The summed E-state index contributed by atoms with van der Waals surface area (Å²) in [6.07, 6.45) is 0. The van der Waals surface area contributed by atoms with Crippen LogP contribution in [0.3, 0.4) is 0 Å². The molecule has 122 valence electrons. The SMILES string of the molecule is CCOCCOCC(=O)N(C)c1ccc(OCC(=O)O)cc1. The summed E-state index contributed by atoms with van der Waals surface area (Å²) in [7, 11) is 1.64. The van der Waals surface area contributed by atoms with Gasteiger partial charge in [-0.15, -0.1) is 0 Å². The Morgan fingerprint density at radius 2 is 1.73 bits per heavy atom. The second-order valence-electron chi connectivity index (χ2n) is 4.38. The van der Waals surface area contributed by atoms with Gasteiger partial charge in [0.2, 0.25) is 0 Å². The summed E-state index contributed by atoms with van der Waals surface area (Å²) in [6.45, 7) is 2.91. The fourth-order valence-electron chi connectivity index (χ4n) is 1.57. The van der Waals surface area contributed by atoms with E-state index in [0.717, 1.165) is 0 Å². The van der Waals surface area contributed by atoms with E-state index in [4.69, 9.17) is 19.3 Å². The number of carbonyl (C=O) groups is 2. The molecule has 7 nitrogen and oxygen atoms in total. The maximum atomic E-state index is 11.9. The fraction of sp³-hybridized carbons (Fsp3) is 0.467. The van der Waals surface area contributed by atoms with Gasteiger partial charge >= 0.3 is 5.97 Å². The Bertz CT molecular complexity index is 473. The molecular formula is C15H21NO6. The molecule has 0 saturated carbocycles. The standard InChI is InChI=1S/C15H21NO6/c1-3-20-8-9-21-10-14(17)16(2)12-4-6-13(7-5-12)22-11-15(18)19/h4-7H,3,8-11H2,1-2H3,(H,18,19). The van der Waals surface area contributed by atoms with Gasteiger partial charge in [-0.25, -0.2) is 4.79 Å². The van der Waals surface area contributed by atoms with Crippen molar-refractivity contribution in [3.63, 3.8) is 0 Å². The van der Waals surface area contributed by atoms with Crippen molar-refractivity contribution in [3.8, 4) is 5.75 Å². The van der Waals surface area contributed by atoms with Gasteiger partial charge in [0, 0.05) is 19.3 Å². The van der Waals surface area contributed by atoms with Gasteiger partial charge in [-0.05, 0) is 31.2 Å². The number of carboxylic acid groups (broad SMARTS) is 1. The molecule has 0 spiro atoms. The Hall–Kier alpha value is -2.12. The quantitative estimate of drug-likeness (QED) is 0.653. The van der Waals surface area contributed by atoms with E-state index in [-0.39, 0.29) is 12.5 Å². The zero-order chi connectivity index (χ0) is 16.4. The Morgan fingerprint density at radius 3 is 2.32 bits per heavy atom. The lowest BCUT2D eigenvalue weighted by molar-refractivity contribution is -0.139. The number of benzene rings is 1. The van der Waals surface area contributed by atoms with E-state index in [1.807, 2.05) is 6.92 Å². The Kier molecular flexibility index (Phi) is 7.95. The average Bonchev–Trinajstić information content (AvgIpc) is 2.52. The molecule has 1 aromatic carbocycles. The molecule has 7 heteroatoms. The monoisotopic (exact) mass is 311 g/mol. The van der Waals surface area contributed by atoms with E-state index < -0.39 is 12.6 Å². The van der Waals surface area contributed by atoms with Crippen molar-refractivity contribution >= 4 is 17.6 Å². The molecule has 0 radical (unpaired) electrons. The molecule has 0 bridgehead atoms. The lowest BCUT2D eigenvalue weighted by Crippen LogP contribution is -2.30. The minimum absolute atomic E-state index is 0.0269. The van der Waals surface area contributed by atoms with Crippen LogP contribution < -0.4 is 9.64 Å². The Morgan fingerprint density at radius 1 is 1.09 bits per heavy atom. The summed E-state index contributed by atoms with van der Waals surface area (Å²) in [6, 6.07) is 6.57. The lowest BCUT2D eigenvalue weighted by Gasteiger charge is -2.17. The highest BCUT2D eigenvalue weighted by molar-refractivity contribution is 5.93. The topological polar surface area (TPSA) is 85.3 Å². The van der Waals surface area contributed by atoms with Crippen molar-refractivity contribution in [2.75, 3.05) is 45.0 Å². The smallest absolute Gasteiger partial charge is 0.341 e. The second-order valence-corrected chi connectivity index (χ2v) is 4.38. The summed E-state index contributed by atoms with van der Waals surface area (Å²) in [4.78, 5) is 23.8. The van der Waals surface area contributed by atoms with Crippen LogP contribution in [0.1, 0.15) is 6.92 Å². The largest absolute Gasteiger partial charge is 0.482 e. The van der Waals surface area contributed by atoms with E-state index in [1.165, 1.54) is 4.90 Å². The maximum Gasteiger partial charge on any atom is 0.341 e. The van der Waals surface area contributed by atoms with Crippen LogP contribution in [0.2, 0.25) is 0 Å². The molecule has 1 N–H and O–H groups in total. The molecule has 1 aromatic rings. The van der Waals surface area contributed by atoms with Crippen molar-refractivity contribution in [3.05, 3.63) is 24.3 Å². The van der Waals surface area contributed by atoms with Gasteiger partial charge in [-0.2, -0.15) is 0 Å². The zero-order valence-corrected chi connectivity index (χ0v) is 12.8. The number of ether oxygens (including phenoxy) is 3. The fourth-order valence-corrected chi connectivity index (χ4v) is 1.57. The van der Waals surface area contributed by atoms with Gasteiger partial charge in [-0.3, -0.25) is 4.79 Å². The van der Waals surface area contributed by atoms with E-state index in [9.17, 15) is 9.59 Å². The highest BCUT2D eigenvalue weighted by atomic mass is 16.5. The number of rotatable bonds is 10. The molecule has 22 heavy (non-hydrogen) atoms. The Balaban J connectivity index is 2.42. The number of amides is 1. The van der Waals surface area contributed by atoms with Crippen molar-refractivity contribution in [1.29, 1.82) is 0 Å². The molecule has 1 rings (SSSR count). The first-order chi connectivity index (χ1) is 10.5. The van der Waals surface area contributed by atoms with Crippen LogP contribution in [0.25, 0.3) is 0 Å². The number of hydrogen-bond donors (Lipinski definition) is 1. The zero-order valence-electron chi connectivity index (χ0n) is 12.8. The predicted molar refractivity (Wildman–Crippen MR) is 80.3 cm³/mol. The highest BCUT2D eigenvalue weighted by Gasteiger charge is 2.11. The van der Waals surface area contributed by atoms with Crippen molar-refractivity contribution < 1.29 is 28.9 Å². The molecule has 0 aliphatic carbocycles. The number of nitrogens with zero attached hydrogens (tertiary/aromatic N) is 1. The van der Waals surface area contributed by atoms with Crippen LogP contribution in [0, 0.1) is 0 Å². The van der Waals surface area contributed by atoms with Crippen molar-refractivity contribution in [2.24, 2.45) is 0 Å². The van der Waals surface area contributed by atoms with Crippen LogP contribution in [0.4, 0.5) is 5.69 Å². The number of hydrogen-bond acceptors (Lipinski definition) is 5. The van der Waals surface area contributed by atoms with Gasteiger partial charge in [-0.1, -0.05) is 0 Å². The summed E-state index contributed by atoms with van der Waals surface area (Å²) in [5.41, 5.74) is 0.668. The first-order valence-electron chi connectivity index (χ1n) is 6.91. The van der Waals surface area contributed by atoms with E-state index in [2.05, 4.69) is 0 Å². The van der Waals surface area contributed by atoms with Crippen LogP contribution in [0.15, 0.2) is 24.3 Å². The summed E-state index contributed by atoms with van der Waals surface area (Å²) < 4.78 is 15.4. The van der Waals surface area contributed by atoms with Crippen LogP contribution in [0.5, 0.6) is 5.75 Å². The maximum absolute atomic E-state index is 11.9. The summed E-state index contributed by atoms with van der Waals surface area (Å²) >= 11 is 0. The third kappa shape index (κ3) is 6.55. The van der Waals surface area contributed by atoms with E-state index in [0.29, 0.717) is 31.3 Å². The highest BCUT2D eigenvalue weighted by Crippen LogP contribution is 2.18. The van der Waals surface area contributed by atoms with Crippen LogP contribution >= 0.6 is 0 Å². The van der Waals surface area contributed by atoms with Crippen molar-refractivity contribution in [2.45, 2.75) is 6.92 Å². The molecule has 0 atom stereocenters. The Labute approximate surface area is 129 Å². The minimum atomic E-state index is -1.04. The van der Waals surface area contributed by atoms with Crippen LogP contribution in [-0.4, -0.2) is 57.1 Å². The predicted octanol–water partition coefficient (Wildman–Crippen LogP) is 1.17. The first kappa shape index (κ1) is 17.9. The number of likely N-dealkylation sites (N-methyl/N-ethyl adjacent to an activating group) is 1. The number of carboxylic acids is 1. The van der Waals surface area contributed by atoms with Gasteiger partial charge in [0.15, 0.2) is 6.61 Å². The number of anilines is 1. The molecule has 0 aliphatic heterocycles. The molecule has 0 aromatic heterocycles. The molecule has 0 unspecified atom stereocenters. The molecule has 0 fully saturated rings. The van der Waals surface area contributed by atoms with Crippen molar-refractivity contribution in [1.82, 2.24) is 0 Å². The normalized spacial score (nSPS) is 10.3. The van der Waals surface area contributed by atoms with Gasteiger partial charge in [0.1, 0.15) is 12.4 Å². The van der Waals surface area contributed by atoms with Gasteiger partial charge in [0.05, 0.1) is 13.2 Å². The van der Waals surface area contributed by atoms with E-state index >= 15 is 0 Å². The molecule has 1 amide bonds. The lowest BCUT2D eigenvalue weighted by atomic mass is 10.3. The molecular weight excluding hydrogens is 290 g/mol. The third-order valence-electron chi connectivity index (χ3n) is 2.76. The second kappa shape index (κ2) is 9.75. The third-order valence-corrected chi connectivity index (χ3v) is 2.76. The molecule has 0 aliphatic rings. The van der Waals surface area contributed by atoms with Gasteiger partial charge < -0.3 is 24.2 Å². The van der Waals surface area contributed by atoms with E-state index in [1.54, 1.807) is 31.3 Å². The molecule has 0 saturated heterocycles. The van der Waals surface area contributed by atoms with Crippen LogP contribution in [-0.2, 0) is 19.1 Å². The summed E-state index contributed by atoms with van der Waals surface area (Å²) in [5.74, 6) is -0.795. The average molecular weight is 311 g/mol. The molecule has 0 heterocycles. The number of carbonyl (C=O) groups excluding carboxylic acids is 1. The minimum Gasteiger partial charge on any atom is -0.482 e. The summed E-state index contributed by atoms with van der Waals surface area (Å²) in [5, 5.41) is 8.53.